The molecular weight excluding hydrogens is 435 g/mol. The van der Waals surface area contributed by atoms with Gasteiger partial charge in [-0.25, -0.2) is 12.8 Å². The van der Waals surface area contributed by atoms with Crippen LogP contribution in [0.2, 0.25) is 5.02 Å². The third-order valence-corrected chi connectivity index (χ3v) is 8.39. The van der Waals surface area contributed by atoms with Gasteiger partial charge in [0, 0.05) is 36.3 Å². The van der Waals surface area contributed by atoms with Gasteiger partial charge in [0.2, 0.25) is 10.0 Å². The summed E-state index contributed by atoms with van der Waals surface area (Å²) >= 11 is 7.50. The quantitative estimate of drug-likeness (QED) is 0.601. The van der Waals surface area contributed by atoms with E-state index in [1.54, 1.807) is 23.1 Å². The van der Waals surface area contributed by atoms with Crippen molar-refractivity contribution in [3.05, 3.63) is 69.8 Å². The first-order chi connectivity index (χ1) is 13.8. The molecule has 5 nitrogen and oxygen atoms in total. The SMILES string of the molecule is O=C(c1sc2cc(F)ccc2c1Cl)N1CCN(S(=O)(=O)Cc2ccccc2)CC1. The third-order valence-electron chi connectivity index (χ3n) is 4.90. The van der Waals surface area contributed by atoms with E-state index in [1.165, 1.54) is 16.4 Å². The number of rotatable bonds is 4. The van der Waals surface area contributed by atoms with Gasteiger partial charge < -0.3 is 4.90 Å². The Bertz CT molecular complexity index is 1160. The second kappa shape index (κ2) is 8.02. The fourth-order valence-electron chi connectivity index (χ4n) is 3.37. The Morgan fingerprint density at radius 2 is 1.76 bits per heavy atom. The maximum atomic E-state index is 13.5. The molecule has 1 saturated heterocycles. The lowest BCUT2D eigenvalue weighted by Gasteiger charge is -2.33. The van der Waals surface area contributed by atoms with Crippen molar-refractivity contribution in [3.63, 3.8) is 0 Å². The lowest BCUT2D eigenvalue weighted by Crippen LogP contribution is -2.50. The van der Waals surface area contributed by atoms with Gasteiger partial charge in [-0.2, -0.15) is 4.31 Å². The molecule has 1 amide bonds. The van der Waals surface area contributed by atoms with Crippen molar-refractivity contribution in [2.45, 2.75) is 5.75 Å². The average molecular weight is 453 g/mol. The molecule has 0 radical (unpaired) electrons. The highest BCUT2D eigenvalue weighted by Gasteiger charge is 2.31. The van der Waals surface area contributed by atoms with Gasteiger partial charge in [-0.05, 0) is 23.8 Å². The Labute approximate surface area is 177 Å². The lowest BCUT2D eigenvalue weighted by atomic mass is 10.2. The first-order valence-corrected chi connectivity index (χ1v) is 11.8. The van der Waals surface area contributed by atoms with E-state index in [4.69, 9.17) is 11.6 Å². The zero-order valence-corrected chi connectivity index (χ0v) is 17.7. The van der Waals surface area contributed by atoms with Gasteiger partial charge in [-0.15, -0.1) is 11.3 Å². The number of hydrogen-bond donors (Lipinski definition) is 0. The highest BCUT2D eigenvalue weighted by atomic mass is 35.5. The summed E-state index contributed by atoms with van der Waals surface area (Å²) < 4.78 is 40.8. The van der Waals surface area contributed by atoms with Crippen LogP contribution in [-0.2, 0) is 15.8 Å². The van der Waals surface area contributed by atoms with Crippen LogP contribution in [0.15, 0.2) is 48.5 Å². The van der Waals surface area contributed by atoms with Crippen LogP contribution in [0.5, 0.6) is 0 Å². The van der Waals surface area contributed by atoms with Crippen molar-refractivity contribution in [1.29, 1.82) is 0 Å². The molecule has 1 aromatic heterocycles. The Morgan fingerprint density at radius 1 is 1.07 bits per heavy atom. The number of hydrogen-bond acceptors (Lipinski definition) is 4. The summed E-state index contributed by atoms with van der Waals surface area (Å²) in [4.78, 5) is 14.9. The Morgan fingerprint density at radius 3 is 2.45 bits per heavy atom. The van der Waals surface area contributed by atoms with Crippen LogP contribution in [0.25, 0.3) is 10.1 Å². The number of thiophene rings is 1. The standard InChI is InChI=1S/C20H18ClFN2O3S2/c21-18-16-7-6-15(22)12-17(16)28-19(18)20(25)23-8-10-24(11-9-23)29(26,27)13-14-4-2-1-3-5-14/h1-7,12H,8-11,13H2. The largest absolute Gasteiger partial charge is 0.335 e. The van der Waals surface area contributed by atoms with Crippen molar-refractivity contribution < 1.29 is 17.6 Å². The van der Waals surface area contributed by atoms with Crippen molar-refractivity contribution >= 4 is 49.0 Å². The number of amides is 1. The van der Waals surface area contributed by atoms with Crippen molar-refractivity contribution in [3.8, 4) is 0 Å². The summed E-state index contributed by atoms with van der Waals surface area (Å²) in [6, 6.07) is 13.3. The molecule has 0 aliphatic carbocycles. The van der Waals surface area contributed by atoms with Gasteiger partial charge in [-0.3, -0.25) is 4.79 Å². The molecule has 152 valence electrons. The number of fused-ring (bicyclic) bond motifs is 1. The predicted molar refractivity (Wildman–Crippen MR) is 113 cm³/mol. The zero-order valence-electron chi connectivity index (χ0n) is 15.3. The maximum absolute atomic E-state index is 13.5. The molecule has 0 saturated carbocycles. The lowest BCUT2D eigenvalue weighted by molar-refractivity contribution is 0.0703. The molecule has 0 unspecified atom stereocenters. The first kappa shape index (κ1) is 20.3. The van der Waals surface area contributed by atoms with Crippen LogP contribution in [0, 0.1) is 5.82 Å². The number of carbonyl (C=O) groups excluding carboxylic acids is 1. The molecule has 0 bridgehead atoms. The summed E-state index contributed by atoms with van der Waals surface area (Å²) in [6.07, 6.45) is 0. The molecule has 1 aliphatic rings. The summed E-state index contributed by atoms with van der Waals surface area (Å²) in [6.45, 7) is 1.04. The monoisotopic (exact) mass is 452 g/mol. The van der Waals surface area contributed by atoms with Crippen LogP contribution >= 0.6 is 22.9 Å². The van der Waals surface area contributed by atoms with Crippen molar-refractivity contribution in [1.82, 2.24) is 9.21 Å². The first-order valence-electron chi connectivity index (χ1n) is 9.04. The van der Waals surface area contributed by atoms with E-state index >= 15 is 0 Å². The van der Waals surface area contributed by atoms with Gasteiger partial charge in [0.25, 0.3) is 5.91 Å². The smallest absolute Gasteiger partial charge is 0.265 e. The fraction of sp³-hybridized carbons (Fsp3) is 0.250. The highest BCUT2D eigenvalue weighted by Crippen LogP contribution is 2.36. The number of piperazine rings is 1. The topological polar surface area (TPSA) is 57.7 Å². The Kier molecular flexibility index (Phi) is 5.61. The molecular formula is C20H18ClFN2O3S2. The second-order valence-electron chi connectivity index (χ2n) is 6.82. The molecule has 0 atom stereocenters. The molecule has 0 spiro atoms. The van der Waals surface area contributed by atoms with Gasteiger partial charge >= 0.3 is 0 Å². The minimum absolute atomic E-state index is 0.0600. The van der Waals surface area contributed by atoms with E-state index in [0.29, 0.717) is 20.0 Å². The van der Waals surface area contributed by atoms with Gasteiger partial charge in [0.15, 0.2) is 0 Å². The Balaban J connectivity index is 1.45. The van der Waals surface area contributed by atoms with Crippen LogP contribution in [-0.4, -0.2) is 49.7 Å². The number of carbonyl (C=O) groups is 1. The van der Waals surface area contributed by atoms with E-state index in [-0.39, 0.29) is 43.7 Å². The highest BCUT2D eigenvalue weighted by molar-refractivity contribution is 7.88. The van der Waals surface area contributed by atoms with Crippen LogP contribution in [0.1, 0.15) is 15.2 Å². The van der Waals surface area contributed by atoms with Gasteiger partial charge in [0.1, 0.15) is 10.7 Å². The minimum atomic E-state index is -3.45. The fourth-order valence-corrected chi connectivity index (χ4v) is 6.39. The molecule has 2 heterocycles. The van der Waals surface area contributed by atoms with Crippen LogP contribution in [0.3, 0.4) is 0 Å². The van der Waals surface area contributed by atoms with E-state index < -0.39 is 10.0 Å². The molecule has 1 aliphatic heterocycles. The molecule has 29 heavy (non-hydrogen) atoms. The van der Waals surface area contributed by atoms with E-state index in [1.807, 2.05) is 18.2 Å². The Hall–Kier alpha value is -2.00. The molecule has 4 rings (SSSR count). The normalized spacial score (nSPS) is 15.7. The van der Waals surface area contributed by atoms with Gasteiger partial charge in [0.05, 0.1) is 10.8 Å². The summed E-state index contributed by atoms with van der Waals surface area (Å²) in [5.41, 5.74) is 0.732. The number of halogens is 2. The average Bonchev–Trinajstić information content (AvgIpc) is 3.03. The van der Waals surface area contributed by atoms with Crippen molar-refractivity contribution in [2.24, 2.45) is 0 Å². The molecule has 9 heteroatoms. The maximum Gasteiger partial charge on any atom is 0.265 e. The predicted octanol–water partition coefficient (Wildman–Crippen LogP) is 3.98. The molecule has 1 fully saturated rings. The van der Waals surface area contributed by atoms with E-state index in [2.05, 4.69) is 0 Å². The van der Waals surface area contributed by atoms with E-state index in [9.17, 15) is 17.6 Å². The molecule has 2 aromatic carbocycles. The summed E-state index contributed by atoms with van der Waals surface area (Å²) in [7, 11) is -3.45. The summed E-state index contributed by atoms with van der Waals surface area (Å²) in [5.74, 6) is -0.696. The molecule has 3 aromatic rings. The third kappa shape index (κ3) is 4.16. The summed E-state index contributed by atoms with van der Waals surface area (Å²) in [5, 5.41) is 0.958. The number of sulfonamides is 1. The van der Waals surface area contributed by atoms with Crippen molar-refractivity contribution in [2.75, 3.05) is 26.2 Å². The number of benzene rings is 2. The second-order valence-corrected chi connectivity index (χ2v) is 10.2. The zero-order chi connectivity index (χ0) is 20.6. The van der Waals surface area contributed by atoms with Crippen LogP contribution < -0.4 is 0 Å². The van der Waals surface area contributed by atoms with Gasteiger partial charge in [-0.1, -0.05) is 41.9 Å². The minimum Gasteiger partial charge on any atom is -0.335 e. The van der Waals surface area contributed by atoms with E-state index in [0.717, 1.165) is 16.9 Å². The molecule has 0 N–H and O–H groups in total. The number of nitrogens with zero attached hydrogens (tertiary/aromatic N) is 2. The van der Waals surface area contributed by atoms with Crippen LogP contribution in [0.4, 0.5) is 4.39 Å².